The second-order valence-electron chi connectivity index (χ2n) is 10.3. The number of carbonyl (C=O) groups excluding carboxylic acids is 2. The molecule has 0 aromatic heterocycles. The number of allylic oxidation sites excluding steroid dienone is 2. The molecule has 240 valence electrons. The fraction of sp³-hybridized carbons (Fsp3) is 0.455. The molecule has 43 heavy (non-hydrogen) atoms. The first-order valence-corrected chi connectivity index (χ1v) is 16.4. The number of carbonyl (C=O) groups is 2. The van der Waals surface area contributed by atoms with Crippen molar-refractivity contribution in [3.63, 3.8) is 0 Å². The summed E-state index contributed by atoms with van der Waals surface area (Å²) in [6.45, 7) is 8.00. The second kappa shape index (κ2) is 23.3. The zero-order valence-corrected chi connectivity index (χ0v) is 31.0. The zero-order valence-electron chi connectivity index (χ0n) is 26.7. The molecule has 0 aliphatic rings. The highest BCUT2D eigenvalue weighted by atomic mass is 127. The number of likely N-dealkylation sites (N-methyl/N-ethyl adjacent to an activating group) is 2. The van der Waals surface area contributed by atoms with Crippen LogP contribution in [0.25, 0.3) is 0 Å². The summed E-state index contributed by atoms with van der Waals surface area (Å²) in [7, 11) is 6.99. The second-order valence-corrected chi connectivity index (χ2v) is 12.8. The van der Waals surface area contributed by atoms with E-state index in [9.17, 15) is 9.59 Å². The summed E-state index contributed by atoms with van der Waals surface area (Å²) < 4.78 is 13.6. The van der Waals surface area contributed by atoms with Crippen molar-refractivity contribution in [2.45, 2.75) is 65.4 Å². The molecule has 2 aromatic carbocycles. The molecule has 3 N–H and O–H groups in total. The third-order valence-electron chi connectivity index (χ3n) is 5.98. The maximum Gasteiger partial charge on any atom is 0.245 e. The van der Waals surface area contributed by atoms with Gasteiger partial charge in [0.2, 0.25) is 11.8 Å². The van der Waals surface area contributed by atoms with Gasteiger partial charge in [-0.2, -0.15) is 0 Å². The fourth-order valence-electron chi connectivity index (χ4n) is 2.94. The van der Waals surface area contributed by atoms with E-state index in [4.69, 9.17) is 20.3 Å². The van der Waals surface area contributed by atoms with Gasteiger partial charge in [-0.1, -0.05) is 26.0 Å². The monoisotopic (exact) mass is 821 g/mol. The van der Waals surface area contributed by atoms with E-state index in [1.54, 1.807) is 57.1 Å². The molecule has 0 saturated carbocycles. The van der Waals surface area contributed by atoms with Crippen LogP contribution in [0.4, 0.5) is 0 Å². The molecular formula is C33H49I2N3O5. The molecule has 2 aromatic rings. The van der Waals surface area contributed by atoms with Crippen LogP contribution in [-0.2, 0) is 9.59 Å². The summed E-state index contributed by atoms with van der Waals surface area (Å²) in [5.41, 5.74) is 5.24. The van der Waals surface area contributed by atoms with Crippen LogP contribution in [-0.4, -0.2) is 73.3 Å². The van der Waals surface area contributed by atoms with Gasteiger partial charge in [0.25, 0.3) is 0 Å². The van der Waals surface area contributed by atoms with Crippen LogP contribution in [0.1, 0.15) is 47.0 Å². The molecule has 0 spiro atoms. The number of rotatable bonds is 12. The summed E-state index contributed by atoms with van der Waals surface area (Å²) in [5, 5.41) is 8.99. The van der Waals surface area contributed by atoms with Crippen molar-refractivity contribution >= 4 is 57.0 Å². The lowest BCUT2D eigenvalue weighted by Crippen LogP contribution is -2.36. The molecule has 4 atom stereocenters. The Morgan fingerprint density at radius 1 is 0.791 bits per heavy atom. The SMILES string of the molecule is CC(CC/C=C/C(=O)N(C)C)C(C)Oc1ccc(I)cc1.CC(Oc1ccc(I)cc1)C(N)O.CC/C=C/C(=O)N(C)C. The van der Waals surface area contributed by atoms with Crippen LogP contribution >= 0.6 is 45.2 Å². The topological polar surface area (TPSA) is 105 Å². The molecule has 0 heterocycles. The van der Waals surface area contributed by atoms with E-state index in [0.29, 0.717) is 5.92 Å². The molecule has 0 aliphatic heterocycles. The molecule has 4 unspecified atom stereocenters. The fourth-order valence-corrected chi connectivity index (χ4v) is 3.66. The van der Waals surface area contributed by atoms with Gasteiger partial charge in [-0.25, -0.2) is 0 Å². The Morgan fingerprint density at radius 2 is 1.19 bits per heavy atom. The van der Waals surface area contributed by atoms with Crippen molar-refractivity contribution < 1.29 is 24.2 Å². The zero-order chi connectivity index (χ0) is 32.9. The lowest BCUT2D eigenvalue weighted by Gasteiger charge is -2.21. The Bertz CT molecular complexity index is 1100. The Hall–Kier alpha value is -2.16. The first-order valence-electron chi connectivity index (χ1n) is 14.2. The van der Waals surface area contributed by atoms with Gasteiger partial charge in [0.05, 0.1) is 6.10 Å². The maximum atomic E-state index is 11.4. The van der Waals surface area contributed by atoms with Gasteiger partial charge in [0.15, 0.2) is 0 Å². The minimum atomic E-state index is -0.945. The van der Waals surface area contributed by atoms with E-state index in [0.717, 1.165) is 34.3 Å². The van der Waals surface area contributed by atoms with E-state index >= 15 is 0 Å². The van der Waals surface area contributed by atoms with Crippen molar-refractivity contribution in [1.29, 1.82) is 0 Å². The Labute approximate surface area is 286 Å². The predicted molar refractivity (Wildman–Crippen MR) is 193 cm³/mol. The largest absolute Gasteiger partial charge is 0.490 e. The smallest absolute Gasteiger partial charge is 0.245 e. The Morgan fingerprint density at radius 3 is 1.56 bits per heavy atom. The minimum Gasteiger partial charge on any atom is -0.490 e. The number of hydrogen-bond donors (Lipinski definition) is 2. The first kappa shape index (κ1) is 40.8. The van der Waals surface area contributed by atoms with Crippen molar-refractivity contribution in [1.82, 2.24) is 9.80 Å². The predicted octanol–water partition coefficient (Wildman–Crippen LogP) is 6.50. The summed E-state index contributed by atoms with van der Waals surface area (Å²) >= 11 is 4.50. The van der Waals surface area contributed by atoms with Crippen LogP contribution in [0.3, 0.4) is 0 Å². The van der Waals surface area contributed by atoms with E-state index < -0.39 is 6.23 Å². The van der Waals surface area contributed by atoms with Gasteiger partial charge < -0.3 is 30.1 Å². The summed E-state index contributed by atoms with van der Waals surface area (Å²) in [6.07, 6.45) is 8.64. The van der Waals surface area contributed by atoms with Gasteiger partial charge in [-0.15, -0.1) is 0 Å². The number of nitrogens with zero attached hydrogens (tertiary/aromatic N) is 2. The van der Waals surface area contributed by atoms with E-state index in [1.807, 2.05) is 67.6 Å². The lowest BCUT2D eigenvalue weighted by molar-refractivity contribution is -0.124. The van der Waals surface area contributed by atoms with Gasteiger partial charge >= 0.3 is 0 Å². The van der Waals surface area contributed by atoms with E-state index in [1.165, 1.54) is 3.57 Å². The molecule has 0 bridgehead atoms. The molecule has 0 saturated heterocycles. The van der Waals surface area contributed by atoms with Gasteiger partial charge in [0.1, 0.15) is 23.8 Å². The summed E-state index contributed by atoms with van der Waals surface area (Å²) in [5.74, 6) is 2.15. The number of ether oxygens (including phenoxy) is 2. The van der Waals surface area contributed by atoms with Crippen molar-refractivity contribution in [2.24, 2.45) is 11.7 Å². The molecule has 10 heteroatoms. The number of aliphatic hydroxyl groups is 1. The number of hydrogen-bond acceptors (Lipinski definition) is 6. The van der Waals surface area contributed by atoms with Crippen LogP contribution in [0.2, 0.25) is 0 Å². The van der Waals surface area contributed by atoms with Gasteiger partial charge in [-0.05, 0) is 145 Å². The van der Waals surface area contributed by atoms with Crippen molar-refractivity contribution in [3.05, 3.63) is 80.0 Å². The number of benzene rings is 2. The number of amides is 2. The quantitative estimate of drug-likeness (QED) is 0.144. The molecule has 0 fully saturated rings. The highest BCUT2D eigenvalue weighted by Gasteiger charge is 2.13. The number of aliphatic hydroxyl groups excluding tert-OH is 1. The average molecular weight is 822 g/mol. The third-order valence-corrected chi connectivity index (χ3v) is 7.42. The van der Waals surface area contributed by atoms with Crippen LogP contribution in [0.15, 0.2) is 72.8 Å². The van der Waals surface area contributed by atoms with Crippen LogP contribution < -0.4 is 15.2 Å². The van der Waals surface area contributed by atoms with Crippen LogP contribution in [0.5, 0.6) is 11.5 Å². The lowest BCUT2D eigenvalue weighted by atomic mass is 10.00. The molecule has 8 nitrogen and oxygen atoms in total. The van der Waals surface area contributed by atoms with E-state index in [2.05, 4.69) is 59.0 Å². The molecule has 2 amide bonds. The first-order chi connectivity index (χ1) is 20.2. The van der Waals surface area contributed by atoms with Crippen molar-refractivity contribution in [2.75, 3.05) is 28.2 Å². The Balaban J connectivity index is 0.000000682. The normalized spacial score (nSPS) is 13.5. The van der Waals surface area contributed by atoms with Gasteiger partial charge in [-0.3, -0.25) is 9.59 Å². The highest BCUT2D eigenvalue weighted by Crippen LogP contribution is 2.20. The summed E-state index contributed by atoms with van der Waals surface area (Å²) in [4.78, 5) is 25.3. The molecule has 0 radical (unpaired) electrons. The number of nitrogens with two attached hydrogens (primary N) is 1. The van der Waals surface area contributed by atoms with Crippen LogP contribution in [0, 0.1) is 13.1 Å². The molecular weight excluding hydrogens is 772 g/mol. The molecule has 2 rings (SSSR count). The molecule has 0 aliphatic carbocycles. The highest BCUT2D eigenvalue weighted by molar-refractivity contribution is 14.1. The van der Waals surface area contributed by atoms with E-state index in [-0.39, 0.29) is 24.0 Å². The summed E-state index contributed by atoms with van der Waals surface area (Å²) in [6, 6.07) is 15.7. The maximum absolute atomic E-state index is 11.4. The van der Waals surface area contributed by atoms with Crippen molar-refractivity contribution in [3.8, 4) is 11.5 Å². The minimum absolute atomic E-state index is 0.0332. The van der Waals surface area contributed by atoms with Gasteiger partial charge in [0, 0.05) is 35.3 Å². The number of halogens is 2. The average Bonchev–Trinajstić information content (AvgIpc) is 2.96. The standard InChI is InChI=1S/C17H24INO2.C9H12INO2.C7H13NO/c1-13(7-5-6-8-17(20)19(3)4)14(2)21-16-11-9-15(18)10-12-16;1-6(9(11)12)13-8-4-2-7(10)3-5-8;1-4-5-6-7(9)8(2)3/h6,8-14H,5,7H2,1-4H3;2-6,9,12H,11H2,1H3;5-6H,4H2,1-3H3/b8-6+;;6-5+. The Kier molecular flexibility index (Phi) is 22.1. The third kappa shape index (κ3) is 20.4.